The number of likely N-dealkylation sites (N-methyl/N-ethyl adjacent to an activating group) is 1. The lowest BCUT2D eigenvalue weighted by molar-refractivity contribution is -0.122. The summed E-state index contributed by atoms with van der Waals surface area (Å²) >= 11 is 5.87. The molecule has 1 atom stereocenters. The zero-order chi connectivity index (χ0) is 14.7. The number of rotatable bonds is 4. The molecule has 0 aliphatic rings. The molecule has 1 unspecified atom stereocenters. The number of fused-ring (bicyclic) bond motifs is 1. The SMILES string of the molecule is CCNC(=O)C(C)NC(=O)c1cc2cc(Cl)ccc2o1. The van der Waals surface area contributed by atoms with E-state index in [-0.39, 0.29) is 11.7 Å². The molecular weight excluding hydrogens is 280 g/mol. The Bertz CT molecular complexity index is 651. The molecule has 1 aromatic carbocycles. The summed E-state index contributed by atoms with van der Waals surface area (Å²) in [4.78, 5) is 23.6. The van der Waals surface area contributed by atoms with Crippen molar-refractivity contribution >= 4 is 34.4 Å². The van der Waals surface area contributed by atoms with Crippen molar-refractivity contribution in [3.05, 3.63) is 35.0 Å². The number of nitrogens with one attached hydrogen (secondary N) is 2. The normalized spacial score (nSPS) is 12.2. The molecule has 6 heteroatoms. The van der Waals surface area contributed by atoms with Crippen LogP contribution in [-0.2, 0) is 4.79 Å². The maximum absolute atomic E-state index is 12.0. The average molecular weight is 295 g/mol. The molecule has 2 aromatic rings. The lowest BCUT2D eigenvalue weighted by atomic mass is 10.2. The van der Waals surface area contributed by atoms with E-state index < -0.39 is 11.9 Å². The van der Waals surface area contributed by atoms with Gasteiger partial charge in [-0.3, -0.25) is 9.59 Å². The predicted molar refractivity (Wildman–Crippen MR) is 76.8 cm³/mol. The number of carbonyl (C=O) groups excluding carboxylic acids is 2. The van der Waals surface area contributed by atoms with Crippen molar-refractivity contribution in [2.45, 2.75) is 19.9 Å². The maximum atomic E-state index is 12.0. The van der Waals surface area contributed by atoms with Crippen molar-refractivity contribution in [3.8, 4) is 0 Å². The van der Waals surface area contributed by atoms with E-state index in [1.54, 1.807) is 31.2 Å². The van der Waals surface area contributed by atoms with Crippen molar-refractivity contribution in [3.63, 3.8) is 0 Å². The Labute approximate surface area is 121 Å². The van der Waals surface area contributed by atoms with Gasteiger partial charge in [-0.15, -0.1) is 0 Å². The molecule has 0 aliphatic carbocycles. The molecule has 0 fully saturated rings. The van der Waals surface area contributed by atoms with Gasteiger partial charge < -0.3 is 15.1 Å². The fourth-order valence-corrected chi connectivity index (χ4v) is 1.97. The molecule has 2 N–H and O–H groups in total. The number of amides is 2. The average Bonchev–Trinajstić information content (AvgIpc) is 2.81. The molecule has 5 nitrogen and oxygen atoms in total. The third-order valence-corrected chi connectivity index (χ3v) is 3.03. The van der Waals surface area contributed by atoms with Crippen LogP contribution in [0.5, 0.6) is 0 Å². The summed E-state index contributed by atoms with van der Waals surface area (Å²) in [7, 11) is 0. The van der Waals surface area contributed by atoms with Crippen molar-refractivity contribution in [1.29, 1.82) is 0 Å². The van der Waals surface area contributed by atoms with E-state index in [4.69, 9.17) is 16.0 Å². The molecule has 106 valence electrons. The standard InChI is InChI=1S/C14H15ClN2O3/c1-3-16-13(18)8(2)17-14(19)12-7-9-6-10(15)4-5-11(9)20-12/h4-8H,3H2,1-2H3,(H,16,18)(H,17,19). The molecule has 2 amide bonds. The molecule has 0 saturated heterocycles. The predicted octanol–water partition coefficient (Wildman–Crippen LogP) is 2.34. The van der Waals surface area contributed by atoms with Gasteiger partial charge in [0.25, 0.3) is 5.91 Å². The Morgan fingerprint density at radius 1 is 1.35 bits per heavy atom. The highest BCUT2D eigenvalue weighted by Gasteiger charge is 2.18. The van der Waals surface area contributed by atoms with Crippen molar-refractivity contribution in [2.24, 2.45) is 0 Å². The fraction of sp³-hybridized carbons (Fsp3) is 0.286. The topological polar surface area (TPSA) is 71.3 Å². The minimum Gasteiger partial charge on any atom is -0.451 e. The van der Waals surface area contributed by atoms with Crippen LogP contribution >= 0.6 is 11.6 Å². The highest BCUT2D eigenvalue weighted by molar-refractivity contribution is 6.31. The summed E-state index contributed by atoms with van der Waals surface area (Å²) in [5.74, 6) is -0.519. The van der Waals surface area contributed by atoms with Crippen LogP contribution in [0, 0.1) is 0 Å². The van der Waals surface area contributed by atoms with E-state index in [1.807, 2.05) is 6.92 Å². The smallest absolute Gasteiger partial charge is 0.287 e. The van der Waals surface area contributed by atoms with Crippen LogP contribution in [0.3, 0.4) is 0 Å². The molecular formula is C14H15ClN2O3. The molecule has 0 saturated carbocycles. The molecule has 1 heterocycles. The monoisotopic (exact) mass is 294 g/mol. The lowest BCUT2D eigenvalue weighted by Crippen LogP contribution is -2.44. The van der Waals surface area contributed by atoms with Gasteiger partial charge in [-0.05, 0) is 38.1 Å². The van der Waals surface area contributed by atoms with E-state index >= 15 is 0 Å². The quantitative estimate of drug-likeness (QED) is 0.909. The van der Waals surface area contributed by atoms with Crippen LogP contribution in [-0.4, -0.2) is 24.4 Å². The van der Waals surface area contributed by atoms with E-state index in [9.17, 15) is 9.59 Å². The van der Waals surface area contributed by atoms with Gasteiger partial charge in [0.1, 0.15) is 11.6 Å². The van der Waals surface area contributed by atoms with Crippen LogP contribution in [0.25, 0.3) is 11.0 Å². The maximum Gasteiger partial charge on any atom is 0.287 e. The van der Waals surface area contributed by atoms with E-state index in [0.29, 0.717) is 17.2 Å². The molecule has 20 heavy (non-hydrogen) atoms. The molecule has 0 aliphatic heterocycles. The van der Waals surface area contributed by atoms with Crippen molar-refractivity contribution in [1.82, 2.24) is 10.6 Å². The van der Waals surface area contributed by atoms with Crippen LogP contribution in [0.15, 0.2) is 28.7 Å². The van der Waals surface area contributed by atoms with Crippen molar-refractivity contribution < 1.29 is 14.0 Å². The van der Waals surface area contributed by atoms with Crippen LogP contribution < -0.4 is 10.6 Å². The van der Waals surface area contributed by atoms with Gasteiger partial charge >= 0.3 is 0 Å². The van der Waals surface area contributed by atoms with Gasteiger partial charge in [0.05, 0.1) is 0 Å². The first-order valence-electron chi connectivity index (χ1n) is 6.29. The third kappa shape index (κ3) is 3.11. The Morgan fingerprint density at radius 2 is 2.10 bits per heavy atom. The number of hydrogen-bond donors (Lipinski definition) is 2. The summed E-state index contributed by atoms with van der Waals surface area (Å²) in [6, 6.07) is 6.07. The summed E-state index contributed by atoms with van der Waals surface area (Å²) in [5.41, 5.74) is 0.574. The summed E-state index contributed by atoms with van der Waals surface area (Å²) < 4.78 is 5.42. The van der Waals surface area contributed by atoms with Gasteiger partial charge in [0.2, 0.25) is 5.91 Å². The van der Waals surface area contributed by atoms with E-state index in [1.165, 1.54) is 0 Å². The van der Waals surface area contributed by atoms with E-state index in [2.05, 4.69) is 10.6 Å². The minimum atomic E-state index is -0.626. The van der Waals surface area contributed by atoms with Crippen LogP contribution in [0.2, 0.25) is 5.02 Å². The third-order valence-electron chi connectivity index (χ3n) is 2.79. The molecule has 0 bridgehead atoms. The Balaban J connectivity index is 2.13. The van der Waals surface area contributed by atoms with Crippen molar-refractivity contribution in [2.75, 3.05) is 6.54 Å². The van der Waals surface area contributed by atoms with Gasteiger partial charge in [0.15, 0.2) is 5.76 Å². The van der Waals surface area contributed by atoms with Gasteiger partial charge in [-0.2, -0.15) is 0 Å². The van der Waals surface area contributed by atoms with Crippen LogP contribution in [0.1, 0.15) is 24.4 Å². The summed E-state index contributed by atoms with van der Waals surface area (Å²) in [5, 5.41) is 6.53. The zero-order valence-corrected chi connectivity index (χ0v) is 12.0. The molecule has 0 radical (unpaired) electrons. The number of benzene rings is 1. The van der Waals surface area contributed by atoms with Gasteiger partial charge in [0, 0.05) is 17.0 Å². The second-order valence-corrected chi connectivity index (χ2v) is 4.82. The van der Waals surface area contributed by atoms with Crippen LogP contribution in [0.4, 0.5) is 0 Å². The van der Waals surface area contributed by atoms with E-state index in [0.717, 1.165) is 5.39 Å². The zero-order valence-electron chi connectivity index (χ0n) is 11.2. The first kappa shape index (κ1) is 14.4. The molecule has 2 rings (SSSR count). The Kier molecular flexibility index (Phi) is 4.29. The van der Waals surface area contributed by atoms with Gasteiger partial charge in [-0.1, -0.05) is 11.6 Å². The second kappa shape index (κ2) is 5.96. The molecule has 0 spiro atoms. The highest BCUT2D eigenvalue weighted by atomic mass is 35.5. The number of furan rings is 1. The first-order chi connectivity index (χ1) is 9.51. The molecule has 1 aromatic heterocycles. The highest BCUT2D eigenvalue weighted by Crippen LogP contribution is 2.22. The first-order valence-corrected chi connectivity index (χ1v) is 6.66. The lowest BCUT2D eigenvalue weighted by Gasteiger charge is -2.11. The minimum absolute atomic E-state index is 0.151. The Hall–Kier alpha value is -2.01. The summed E-state index contributed by atoms with van der Waals surface area (Å²) in [6.45, 7) is 3.94. The van der Waals surface area contributed by atoms with Gasteiger partial charge in [-0.25, -0.2) is 0 Å². The second-order valence-electron chi connectivity index (χ2n) is 4.38. The summed E-state index contributed by atoms with van der Waals surface area (Å²) in [6.07, 6.45) is 0. The number of halogens is 1. The largest absolute Gasteiger partial charge is 0.451 e. The number of carbonyl (C=O) groups is 2. The number of hydrogen-bond acceptors (Lipinski definition) is 3. The Morgan fingerprint density at radius 3 is 2.80 bits per heavy atom. The fourth-order valence-electron chi connectivity index (χ4n) is 1.79.